The molecule has 1 amide bonds. The molecule has 0 bridgehead atoms. The van der Waals surface area contributed by atoms with Gasteiger partial charge in [-0.15, -0.1) is 0 Å². The second kappa shape index (κ2) is 7.39. The van der Waals surface area contributed by atoms with Gasteiger partial charge in [-0.2, -0.15) is 0 Å². The van der Waals surface area contributed by atoms with E-state index in [9.17, 15) is 18.3 Å². The van der Waals surface area contributed by atoms with Gasteiger partial charge in [-0.05, 0) is 31.0 Å². The van der Waals surface area contributed by atoms with E-state index in [0.717, 1.165) is 0 Å². The normalized spacial score (nSPS) is 12.9. The van der Waals surface area contributed by atoms with Crippen LogP contribution in [0.2, 0.25) is 0 Å². The number of benzene rings is 1. The maximum atomic E-state index is 12.1. The summed E-state index contributed by atoms with van der Waals surface area (Å²) in [5.74, 6) is -0.562. The van der Waals surface area contributed by atoms with Gasteiger partial charge in [0.1, 0.15) is 5.75 Å². The van der Waals surface area contributed by atoms with E-state index >= 15 is 0 Å². The van der Waals surface area contributed by atoms with E-state index < -0.39 is 22.0 Å². The Bertz CT molecular complexity index is 601. The molecule has 4 N–H and O–H groups in total. The number of carbonyl (C=O) groups excluding carboxylic acids is 1. The van der Waals surface area contributed by atoms with E-state index in [4.69, 9.17) is 10.5 Å². The number of sulfonamides is 1. The van der Waals surface area contributed by atoms with Gasteiger partial charge in [0.25, 0.3) is 5.91 Å². The molecule has 0 aliphatic heterocycles. The Kier molecular flexibility index (Phi) is 6.13. The number of rotatable bonds is 8. The lowest BCUT2D eigenvalue weighted by Crippen LogP contribution is -2.27. The summed E-state index contributed by atoms with van der Waals surface area (Å²) in [6.45, 7) is 1.91. The average Bonchev–Trinajstić information content (AvgIpc) is 2.45. The molecule has 0 heterocycles. The molecule has 1 aromatic rings. The first-order valence-electron chi connectivity index (χ1n) is 6.47. The number of carbonyl (C=O) groups is 1. The number of ether oxygens (including phenoxy) is 1. The fourth-order valence-corrected chi connectivity index (χ4v) is 2.77. The molecule has 21 heavy (non-hydrogen) atoms. The number of aliphatic hydroxyl groups excluding tert-OH is 1. The maximum absolute atomic E-state index is 12.1. The third-order valence-electron chi connectivity index (χ3n) is 2.99. The van der Waals surface area contributed by atoms with Crippen molar-refractivity contribution in [3.63, 3.8) is 0 Å². The van der Waals surface area contributed by atoms with Crippen molar-refractivity contribution in [1.82, 2.24) is 4.72 Å². The molecule has 8 heteroatoms. The largest absolute Gasteiger partial charge is 0.496 e. The summed E-state index contributed by atoms with van der Waals surface area (Å²) >= 11 is 0. The zero-order valence-electron chi connectivity index (χ0n) is 12.0. The lowest BCUT2D eigenvalue weighted by atomic mass is 10.2. The molecular formula is C13H20N2O5S. The minimum atomic E-state index is -3.77. The van der Waals surface area contributed by atoms with Gasteiger partial charge in [0.2, 0.25) is 10.0 Å². The molecule has 0 radical (unpaired) electrons. The molecule has 0 saturated carbocycles. The number of nitrogens with one attached hydrogen (secondary N) is 1. The second-order valence-corrected chi connectivity index (χ2v) is 6.24. The third kappa shape index (κ3) is 4.69. The van der Waals surface area contributed by atoms with Crippen molar-refractivity contribution in [2.45, 2.75) is 30.8 Å². The first-order valence-corrected chi connectivity index (χ1v) is 7.95. The molecule has 1 unspecified atom stereocenters. The fraction of sp³-hybridized carbons (Fsp3) is 0.462. The van der Waals surface area contributed by atoms with Crippen molar-refractivity contribution < 1.29 is 23.1 Å². The minimum Gasteiger partial charge on any atom is -0.496 e. The first-order chi connectivity index (χ1) is 9.81. The van der Waals surface area contributed by atoms with Gasteiger partial charge in [0.05, 0.1) is 23.7 Å². The highest BCUT2D eigenvalue weighted by Gasteiger charge is 2.18. The quantitative estimate of drug-likeness (QED) is 0.634. The molecule has 1 atom stereocenters. The van der Waals surface area contributed by atoms with E-state index in [1.165, 1.54) is 25.3 Å². The Labute approximate surface area is 124 Å². The van der Waals surface area contributed by atoms with Crippen molar-refractivity contribution in [1.29, 1.82) is 0 Å². The topological polar surface area (TPSA) is 119 Å². The number of primary amides is 1. The van der Waals surface area contributed by atoms with Crippen LogP contribution in [0.4, 0.5) is 0 Å². The summed E-state index contributed by atoms with van der Waals surface area (Å²) in [7, 11) is -2.41. The first kappa shape index (κ1) is 17.4. The van der Waals surface area contributed by atoms with Crippen LogP contribution in [0.15, 0.2) is 23.1 Å². The second-order valence-electron chi connectivity index (χ2n) is 4.47. The zero-order chi connectivity index (χ0) is 16.0. The van der Waals surface area contributed by atoms with E-state index in [2.05, 4.69) is 4.72 Å². The summed E-state index contributed by atoms with van der Waals surface area (Å²) in [6.07, 6.45) is 0.315. The molecular weight excluding hydrogens is 296 g/mol. The smallest absolute Gasteiger partial charge is 0.252 e. The van der Waals surface area contributed by atoms with Crippen LogP contribution < -0.4 is 15.2 Å². The Hall–Kier alpha value is -1.64. The van der Waals surface area contributed by atoms with Crippen molar-refractivity contribution >= 4 is 15.9 Å². The van der Waals surface area contributed by atoms with Gasteiger partial charge in [-0.3, -0.25) is 4.79 Å². The number of amides is 1. The van der Waals surface area contributed by atoms with Gasteiger partial charge < -0.3 is 15.6 Å². The number of nitrogens with two attached hydrogens (primary N) is 1. The van der Waals surface area contributed by atoms with Crippen LogP contribution in [0.5, 0.6) is 5.75 Å². The Morgan fingerprint density at radius 1 is 1.48 bits per heavy atom. The molecule has 0 aliphatic rings. The lowest BCUT2D eigenvalue weighted by Gasteiger charge is -2.11. The van der Waals surface area contributed by atoms with Crippen molar-refractivity contribution in [3.8, 4) is 5.75 Å². The lowest BCUT2D eigenvalue weighted by molar-refractivity contribution is 0.0997. The molecule has 0 spiro atoms. The SMILES string of the molecule is CCC(O)CCNS(=O)(=O)c1ccc(OC)c(C(N)=O)c1. The van der Waals surface area contributed by atoms with Crippen molar-refractivity contribution in [2.24, 2.45) is 5.73 Å². The summed E-state index contributed by atoms with van der Waals surface area (Å²) in [4.78, 5) is 11.2. The average molecular weight is 316 g/mol. The summed E-state index contributed by atoms with van der Waals surface area (Å²) in [6, 6.07) is 3.86. The monoisotopic (exact) mass is 316 g/mol. The molecule has 0 aromatic heterocycles. The van der Waals surface area contributed by atoms with Gasteiger partial charge in [0.15, 0.2) is 0 Å². The number of hydrogen-bond acceptors (Lipinski definition) is 5. The van der Waals surface area contributed by atoms with Gasteiger partial charge in [-0.25, -0.2) is 13.1 Å². The van der Waals surface area contributed by atoms with Crippen LogP contribution in [0.25, 0.3) is 0 Å². The molecule has 0 fully saturated rings. The molecule has 1 aromatic carbocycles. The van der Waals surface area contributed by atoms with E-state index in [1.54, 1.807) is 0 Å². The van der Waals surface area contributed by atoms with Crippen LogP contribution >= 0.6 is 0 Å². The van der Waals surface area contributed by atoms with Crippen LogP contribution in [0.3, 0.4) is 0 Å². The maximum Gasteiger partial charge on any atom is 0.252 e. The fourth-order valence-electron chi connectivity index (χ4n) is 1.69. The minimum absolute atomic E-state index is 0.00559. The number of aliphatic hydroxyl groups is 1. The molecule has 118 valence electrons. The number of hydrogen-bond donors (Lipinski definition) is 3. The highest BCUT2D eigenvalue weighted by atomic mass is 32.2. The molecule has 1 rings (SSSR count). The van der Waals surface area contributed by atoms with Crippen molar-refractivity contribution in [3.05, 3.63) is 23.8 Å². The highest BCUT2D eigenvalue weighted by molar-refractivity contribution is 7.89. The standard InChI is InChI=1S/C13H20N2O5S/c1-3-9(16)6-7-15-21(18,19)10-4-5-12(20-2)11(8-10)13(14)17/h4-5,8-9,15-16H,3,6-7H2,1-2H3,(H2,14,17). The Morgan fingerprint density at radius 3 is 2.67 bits per heavy atom. The van der Waals surface area contributed by atoms with Crippen LogP contribution in [0, 0.1) is 0 Å². The molecule has 0 aliphatic carbocycles. The Morgan fingerprint density at radius 2 is 2.14 bits per heavy atom. The summed E-state index contributed by atoms with van der Waals surface area (Å²) in [5.41, 5.74) is 5.19. The van der Waals surface area contributed by atoms with Crippen LogP contribution in [0.1, 0.15) is 30.1 Å². The number of methoxy groups -OCH3 is 1. The van der Waals surface area contributed by atoms with Gasteiger partial charge >= 0.3 is 0 Å². The zero-order valence-corrected chi connectivity index (χ0v) is 12.8. The van der Waals surface area contributed by atoms with Crippen LogP contribution in [-0.2, 0) is 10.0 Å². The third-order valence-corrected chi connectivity index (χ3v) is 4.45. The Balaban J connectivity index is 2.93. The van der Waals surface area contributed by atoms with Gasteiger partial charge in [0, 0.05) is 6.54 Å². The van der Waals surface area contributed by atoms with Gasteiger partial charge in [-0.1, -0.05) is 6.92 Å². The van der Waals surface area contributed by atoms with Crippen LogP contribution in [-0.4, -0.2) is 39.2 Å². The predicted octanol–water partition coefficient (Wildman–Crippen LogP) is 0.233. The highest BCUT2D eigenvalue weighted by Crippen LogP contribution is 2.21. The van der Waals surface area contributed by atoms with E-state index in [0.29, 0.717) is 12.8 Å². The summed E-state index contributed by atoms with van der Waals surface area (Å²) in [5, 5.41) is 9.40. The predicted molar refractivity (Wildman–Crippen MR) is 77.6 cm³/mol. The summed E-state index contributed by atoms with van der Waals surface area (Å²) < 4.78 is 31.5. The van der Waals surface area contributed by atoms with Crippen molar-refractivity contribution in [2.75, 3.05) is 13.7 Å². The van der Waals surface area contributed by atoms with E-state index in [1.807, 2.05) is 6.92 Å². The molecule has 0 saturated heterocycles. The van der Waals surface area contributed by atoms with E-state index in [-0.39, 0.29) is 22.8 Å². The molecule has 7 nitrogen and oxygen atoms in total.